The first-order valence-corrected chi connectivity index (χ1v) is 13.2. The fourth-order valence-electron chi connectivity index (χ4n) is 6.94. The standard InChI is InChI=1S/C34H14Cl2O2/c35-25-7-3-6-22-27(25)20-11-9-18-17-10-13-23-29-16(15-4-1-2-5-19(15)33(23)37)8-12-21(28(17)29)31-26(36)14-24(34(22)38)30(20)32(18)31/h1-14H. The Morgan fingerprint density at radius 2 is 1.03 bits per heavy atom. The van der Waals surface area contributed by atoms with E-state index in [-0.39, 0.29) is 11.6 Å². The quantitative estimate of drug-likeness (QED) is 0.146. The number of rotatable bonds is 0. The smallest absolute Gasteiger partial charge is 0.194 e. The normalized spacial score (nSPS) is 13.6. The monoisotopic (exact) mass is 524 g/mol. The van der Waals surface area contributed by atoms with E-state index in [1.54, 1.807) is 6.07 Å². The molecule has 0 saturated carbocycles. The molecule has 0 atom stereocenters. The van der Waals surface area contributed by atoms with Gasteiger partial charge in [-0.3, -0.25) is 9.59 Å². The summed E-state index contributed by atoms with van der Waals surface area (Å²) in [7, 11) is 0. The maximum Gasteiger partial charge on any atom is 0.194 e. The molecule has 2 aliphatic carbocycles. The van der Waals surface area contributed by atoms with Crippen LogP contribution in [0.5, 0.6) is 0 Å². The Kier molecular flexibility index (Phi) is 3.71. The molecule has 7 aromatic rings. The van der Waals surface area contributed by atoms with Crippen LogP contribution in [-0.4, -0.2) is 11.6 Å². The van der Waals surface area contributed by atoms with Crippen LogP contribution in [0, 0.1) is 0 Å². The lowest BCUT2D eigenvalue weighted by atomic mass is 9.76. The van der Waals surface area contributed by atoms with Crippen molar-refractivity contribution in [3.8, 4) is 22.3 Å². The van der Waals surface area contributed by atoms with Crippen molar-refractivity contribution < 1.29 is 9.59 Å². The molecular formula is C34H14Cl2O2. The van der Waals surface area contributed by atoms with Gasteiger partial charge in [0, 0.05) is 59.4 Å². The van der Waals surface area contributed by atoms with E-state index in [0.717, 1.165) is 70.9 Å². The zero-order valence-electron chi connectivity index (χ0n) is 19.7. The first-order valence-electron chi connectivity index (χ1n) is 12.4. The first-order chi connectivity index (χ1) is 18.5. The molecule has 0 unspecified atom stereocenters. The van der Waals surface area contributed by atoms with Crippen molar-refractivity contribution in [2.24, 2.45) is 0 Å². The van der Waals surface area contributed by atoms with Crippen LogP contribution in [0.2, 0.25) is 10.0 Å². The summed E-state index contributed by atoms with van der Waals surface area (Å²) in [5.41, 5.74) is 6.34. The molecule has 0 fully saturated rings. The third-order valence-corrected chi connectivity index (χ3v) is 9.05. The number of carbonyl (C=O) groups excluding carboxylic acids is 2. The summed E-state index contributed by atoms with van der Waals surface area (Å²) in [6.07, 6.45) is 0. The largest absolute Gasteiger partial charge is 0.289 e. The van der Waals surface area contributed by atoms with E-state index in [0.29, 0.717) is 26.7 Å². The van der Waals surface area contributed by atoms with Gasteiger partial charge in [0.05, 0.1) is 0 Å². The van der Waals surface area contributed by atoms with E-state index < -0.39 is 0 Å². The highest BCUT2D eigenvalue weighted by Crippen LogP contribution is 2.52. The molecule has 0 aromatic heterocycles. The second kappa shape index (κ2) is 6.79. The number of ketones is 2. The molecule has 0 heterocycles. The summed E-state index contributed by atoms with van der Waals surface area (Å²) in [6.45, 7) is 0. The second-order valence-corrected chi connectivity index (χ2v) is 10.9. The molecule has 7 aromatic carbocycles. The fourth-order valence-corrected chi connectivity index (χ4v) is 7.52. The topological polar surface area (TPSA) is 34.1 Å². The Morgan fingerprint density at radius 1 is 0.395 bits per heavy atom. The van der Waals surface area contributed by atoms with Gasteiger partial charge in [0.2, 0.25) is 0 Å². The number of halogens is 2. The maximum atomic E-state index is 13.7. The highest BCUT2D eigenvalue weighted by Gasteiger charge is 2.32. The van der Waals surface area contributed by atoms with Crippen molar-refractivity contribution in [1.29, 1.82) is 0 Å². The molecule has 0 N–H and O–H groups in total. The van der Waals surface area contributed by atoms with Crippen LogP contribution < -0.4 is 0 Å². The molecule has 0 amide bonds. The summed E-state index contributed by atoms with van der Waals surface area (Å²) in [6, 6.07) is 27.4. The predicted molar refractivity (Wildman–Crippen MR) is 155 cm³/mol. The van der Waals surface area contributed by atoms with Gasteiger partial charge in [-0.25, -0.2) is 0 Å². The lowest BCUT2D eigenvalue weighted by Gasteiger charge is -2.26. The van der Waals surface area contributed by atoms with Crippen molar-refractivity contribution >= 4 is 77.9 Å². The maximum absolute atomic E-state index is 13.7. The molecule has 4 heteroatoms. The van der Waals surface area contributed by atoms with E-state index in [1.807, 2.05) is 54.6 Å². The number of hydrogen-bond donors (Lipinski definition) is 0. The molecule has 9 rings (SSSR count). The van der Waals surface area contributed by atoms with Gasteiger partial charge in [-0.15, -0.1) is 0 Å². The minimum Gasteiger partial charge on any atom is -0.289 e. The molecule has 0 saturated heterocycles. The number of fused-ring (bicyclic) bond motifs is 6. The Labute approximate surface area is 226 Å². The van der Waals surface area contributed by atoms with E-state index in [9.17, 15) is 9.59 Å². The van der Waals surface area contributed by atoms with Gasteiger partial charge in [0.15, 0.2) is 11.6 Å². The summed E-state index contributed by atoms with van der Waals surface area (Å²) in [5.74, 6) is -0.0327. The van der Waals surface area contributed by atoms with Crippen LogP contribution in [0.1, 0.15) is 31.8 Å². The molecule has 2 aliphatic rings. The SMILES string of the molecule is O=C1c2ccccc2-c2ccc3c4c(Cl)cc5c6c(ccc(c7ccc1c2c73)c64)-c1c(Cl)cccc1C5=O. The zero-order chi connectivity index (χ0) is 25.4. The van der Waals surface area contributed by atoms with Crippen LogP contribution >= 0.6 is 23.2 Å². The van der Waals surface area contributed by atoms with Gasteiger partial charge in [-0.05, 0) is 56.4 Å². The average Bonchev–Trinajstić information content (AvgIpc) is 2.94. The average molecular weight is 525 g/mol. The predicted octanol–water partition coefficient (Wildman–Crippen LogP) is 9.47. The molecule has 2 nitrogen and oxygen atoms in total. The summed E-state index contributed by atoms with van der Waals surface area (Å²) in [4.78, 5) is 27.3. The Bertz CT molecular complexity index is 2290. The van der Waals surface area contributed by atoms with Crippen molar-refractivity contribution in [2.75, 3.05) is 0 Å². The third-order valence-electron chi connectivity index (χ3n) is 8.43. The molecule has 176 valence electrons. The first kappa shape index (κ1) is 20.8. The second-order valence-electron chi connectivity index (χ2n) is 10.1. The highest BCUT2D eigenvalue weighted by molar-refractivity contribution is 6.48. The van der Waals surface area contributed by atoms with Crippen molar-refractivity contribution in [1.82, 2.24) is 0 Å². The van der Waals surface area contributed by atoms with Crippen LogP contribution in [-0.2, 0) is 0 Å². The van der Waals surface area contributed by atoms with E-state index in [4.69, 9.17) is 23.2 Å². The van der Waals surface area contributed by atoms with Crippen LogP contribution in [0.3, 0.4) is 0 Å². The molecule has 0 bridgehead atoms. The summed E-state index contributed by atoms with van der Waals surface area (Å²) >= 11 is 13.7. The molecule has 0 aliphatic heterocycles. The minimum absolute atomic E-state index is 0.0378. The molecule has 0 spiro atoms. The van der Waals surface area contributed by atoms with Crippen LogP contribution in [0.25, 0.3) is 65.3 Å². The Hall–Kier alpha value is -4.24. The Balaban J connectivity index is 1.55. The number of carbonyl (C=O) groups is 2. The lowest BCUT2D eigenvalue weighted by Crippen LogP contribution is -2.12. The van der Waals surface area contributed by atoms with Gasteiger partial charge >= 0.3 is 0 Å². The van der Waals surface area contributed by atoms with Crippen molar-refractivity contribution in [3.05, 3.63) is 117 Å². The van der Waals surface area contributed by atoms with E-state index in [1.165, 1.54) is 0 Å². The fraction of sp³-hybridized carbons (Fsp3) is 0. The summed E-state index contributed by atoms with van der Waals surface area (Å²) in [5, 5.41) is 8.84. The van der Waals surface area contributed by atoms with Gasteiger partial charge < -0.3 is 0 Å². The lowest BCUT2D eigenvalue weighted by molar-refractivity contribution is 0.103. The minimum atomic E-state index is -0.0705. The zero-order valence-corrected chi connectivity index (χ0v) is 21.2. The molecular weight excluding hydrogens is 511 g/mol. The number of benzene rings is 7. The molecule has 0 radical (unpaired) electrons. The highest BCUT2D eigenvalue weighted by atomic mass is 35.5. The summed E-state index contributed by atoms with van der Waals surface area (Å²) < 4.78 is 0. The molecule has 38 heavy (non-hydrogen) atoms. The van der Waals surface area contributed by atoms with E-state index >= 15 is 0 Å². The van der Waals surface area contributed by atoms with Gasteiger partial charge in [0.25, 0.3) is 0 Å². The van der Waals surface area contributed by atoms with Crippen molar-refractivity contribution in [2.45, 2.75) is 0 Å². The van der Waals surface area contributed by atoms with Gasteiger partial charge in [0.1, 0.15) is 0 Å². The number of hydrogen-bond acceptors (Lipinski definition) is 2. The van der Waals surface area contributed by atoms with Crippen LogP contribution in [0.4, 0.5) is 0 Å². The Morgan fingerprint density at radius 3 is 1.87 bits per heavy atom. The third kappa shape index (κ3) is 2.24. The van der Waals surface area contributed by atoms with Gasteiger partial charge in [-0.1, -0.05) is 89.9 Å². The van der Waals surface area contributed by atoms with E-state index in [2.05, 4.69) is 24.3 Å². The van der Waals surface area contributed by atoms with Crippen LogP contribution in [0.15, 0.2) is 84.9 Å². The van der Waals surface area contributed by atoms with Crippen molar-refractivity contribution in [3.63, 3.8) is 0 Å². The van der Waals surface area contributed by atoms with Gasteiger partial charge in [-0.2, -0.15) is 0 Å².